The van der Waals surface area contributed by atoms with Crippen molar-refractivity contribution in [2.75, 3.05) is 24.1 Å². The van der Waals surface area contributed by atoms with Gasteiger partial charge < -0.3 is 21.1 Å². The number of aromatic nitrogens is 3. The molecule has 3 aromatic heterocycles. The first-order valence-electron chi connectivity index (χ1n) is 10.9. The lowest BCUT2D eigenvalue weighted by atomic mass is 10.1. The van der Waals surface area contributed by atoms with Crippen molar-refractivity contribution in [1.29, 1.82) is 0 Å². The van der Waals surface area contributed by atoms with Crippen molar-refractivity contribution in [2.45, 2.75) is 18.9 Å². The Hall–Kier alpha value is -4.04. The molecule has 0 aliphatic carbocycles. The maximum atomic E-state index is 12.7. The number of rotatable bonds is 5. The minimum absolute atomic E-state index is 0.216. The number of pyridine rings is 3. The average molecular weight is 441 g/mol. The lowest BCUT2D eigenvalue weighted by Crippen LogP contribution is -2.34. The molecule has 0 spiro atoms. The molecule has 5 rings (SSSR count). The summed E-state index contributed by atoms with van der Waals surface area (Å²) in [5.74, 6) is 0.958. The molecule has 8 heteroatoms. The van der Waals surface area contributed by atoms with E-state index in [1.165, 1.54) is 0 Å². The Morgan fingerprint density at radius 3 is 2.64 bits per heavy atom. The maximum Gasteiger partial charge on any atom is 0.256 e. The fraction of sp³-hybridized carbons (Fsp3) is 0.200. The number of nitrogen functional groups attached to an aromatic ring is 1. The molecule has 0 atom stereocenters. The molecule has 1 aliphatic rings. The summed E-state index contributed by atoms with van der Waals surface area (Å²) in [5, 5.41) is 7.04. The lowest BCUT2D eigenvalue weighted by Gasteiger charge is -2.23. The summed E-state index contributed by atoms with van der Waals surface area (Å²) in [6, 6.07) is 14.6. The van der Waals surface area contributed by atoms with Crippen LogP contribution in [0.4, 0.5) is 11.5 Å². The summed E-state index contributed by atoms with van der Waals surface area (Å²) < 4.78 is 6.01. The van der Waals surface area contributed by atoms with Crippen LogP contribution in [0.15, 0.2) is 67.1 Å². The van der Waals surface area contributed by atoms with Crippen LogP contribution < -0.4 is 21.1 Å². The van der Waals surface area contributed by atoms with Crippen LogP contribution in [-0.4, -0.2) is 40.1 Å². The molecular formula is C25H24N6O2. The summed E-state index contributed by atoms with van der Waals surface area (Å²) >= 11 is 0. The van der Waals surface area contributed by atoms with Crippen LogP contribution >= 0.6 is 0 Å². The Morgan fingerprint density at radius 2 is 1.85 bits per heavy atom. The summed E-state index contributed by atoms with van der Waals surface area (Å²) in [5.41, 5.74) is 9.23. The highest BCUT2D eigenvalue weighted by molar-refractivity contribution is 6.04. The van der Waals surface area contributed by atoms with Crippen molar-refractivity contribution in [3.05, 3.63) is 72.7 Å². The normalized spacial score (nSPS) is 14.2. The molecule has 4 aromatic rings. The topological polar surface area (TPSA) is 115 Å². The van der Waals surface area contributed by atoms with Crippen molar-refractivity contribution in [1.82, 2.24) is 20.3 Å². The van der Waals surface area contributed by atoms with E-state index in [2.05, 4.69) is 25.6 Å². The van der Waals surface area contributed by atoms with Crippen molar-refractivity contribution in [3.8, 4) is 17.0 Å². The number of anilines is 2. The lowest BCUT2D eigenvalue weighted by molar-refractivity contribution is 0.102. The predicted octanol–water partition coefficient (Wildman–Crippen LogP) is 3.66. The minimum Gasteiger partial charge on any atom is -0.490 e. The van der Waals surface area contributed by atoms with Gasteiger partial charge in [-0.3, -0.25) is 9.78 Å². The predicted molar refractivity (Wildman–Crippen MR) is 128 cm³/mol. The molecule has 33 heavy (non-hydrogen) atoms. The van der Waals surface area contributed by atoms with Crippen LogP contribution in [0, 0.1) is 0 Å². The molecule has 0 unspecified atom stereocenters. The molecule has 0 saturated carbocycles. The SMILES string of the molecule is Nc1cncc(-c2ccc3cnc(NC(=O)c4ccc(OC5CCNCC5)cc4)cc3n2)c1. The third-order valence-corrected chi connectivity index (χ3v) is 5.58. The zero-order valence-electron chi connectivity index (χ0n) is 18.0. The smallest absolute Gasteiger partial charge is 0.256 e. The van der Waals surface area contributed by atoms with Gasteiger partial charge in [0.15, 0.2) is 0 Å². The fourth-order valence-corrected chi connectivity index (χ4v) is 3.82. The monoisotopic (exact) mass is 440 g/mol. The number of benzene rings is 1. The number of nitrogens with zero attached hydrogens (tertiary/aromatic N) is 3. The number of carbonyl (C=O) groups excluding carboxylic acids is 1. The first-order chi connectivity index (χ1) is 16.1. The molecule has 0 bridgehead atoms. The average Bonchev–Trinajstić information content (AvgIpc) is 2.85. The summed E-state index contributed by atoms with van der Waals surface area (Å²) in [6.45, 7) is 1.94. The quantitative estimate of drug-likeness (QED) is 0.434. The van der Waals surface area contributed by atoms with Crippen molar-refractivity contribution in [2.24, 2.45) is 0 Å². The zero-order valence-corrected chi connectivity index (χ0v) is 18.0. The van der Waals surface area contributed by atoms with E-state index < -0.39 is 0 Å². The van der Waals surface area contributed by atoms with Crippen LogP contribution in [0.3, 0.4) is 0 Å². The van der Waals surface area contributed by atoms with Gasteiger partial charge in [0.05, 0.1) is 16.9 Å². The van der Waals surface area contributed by atoms with Crippen molar-refractivity contribution in [3.63, 3.8) is 0 Å². The molecule has 4 N–H and O–H groups in total. The van der Waals surface area contributed by atoms with Crippen LogP contribution in [0.25, 0.3) is 22.2 Å². The van der Waals surface area contributed by atoms with Gasteiger partial charge in [0.25, 0.3) is 5.91 Å². The van der Waals surface area contributed by atoms with Crippen LogP contribution in [-0.2, 0) is 0 Å². The molecule has 4 heterocycles. The third-order valence-electron chi connectivity index (χ3n) is 5.58. The van der Waals surface area contributed by atoms with E-state index in [1.807, 2.05) is 30.3 Å². The van der Waals surface area contributed by atoms with E-state index >= 15 is 0 Å². The summed E-state index contributed by atoms with van der Waals surface area (Å²) in [6.07, 6.45) is 7.18. The van der Waals surface area contributed by atoms with E-state index in [0.717, 1.165) is 48.3 Å². The number of piperidine rings is 1. The molecule has 1 aliphatic heterocycles. The number of ether oxygens (including phenoxy) is 1. The number of amides is 1. The Kier molecular flexibility index (Phi) is 5.82. The molecule has 1 aromatic carbocycles. The largest absolute Gasteiger partial charge is 0.490 e. The Bertz CT molecular complexity index is 1290. The minimum atomic E-state index is -0.244. The Morgan fingerprint density at radius 1 is 1.03 bits per heavy atom. The Labute approximate surface area is 191 Å². The van der Waals surface area contributed by atoms with Gasteiger partial charge in [-0.2, -0.15) is 0 Å². The molecule has 1 saturated heterocycles. The molecule has 1 amide bonds. The standard InChI is InChI=1S/C25H24N6O2/c26-19-11-18(13-28-15-19)22-6-3-17-14-29-24(12-23(17)30-22)31-25(32)16-1-4-20(5-2-16)33-21-7-9-27-10-8-21/h1-6,11-15,21,27H,7-10,26H2,(H,29,31,32). The van der Waals surface area contributed by atoms with Crippen LogP contribution in [0.1, 0.15) is 23.2 Å². The number of nitrogens with two attached hydrogens (primary N) is 1. The summed E-state index contributed by atoms with van der Waals surface area (Å²) in [7, 11) is 0. The van der Waals surface area contributed by atoms with Gasteiger partial charge in [0, 0.05) is 41.2 Å². The Balaban J connectivity index is 1.30. The van der Waals surface area contributed by atoms with E-state index in [1.54, 1.807) is 36.8 Å². The maximum absolute atomic E-state index is 12.7. The zero-order chi connectivity index (χ0) is 22.6. The van der Waals surface area contributed by atoms with Gasteiger partial charge in [-0.05, 0) is 68.4 Å². The van der Waals surface area contributed by atoms with Crippen LogP contribution in [0.5, 0.6) is 5.75 Å². The van der Waals surface area contributed by atoms with Gasteiger partial charge >= 0.3 is 0 Å². The van der Waals surface area contributed by atoms with E-state index in [9.17, 15) is 4.79 Å². The number of fused-ring (bicyclic) bond motifs is 1. The molecular weight excluding hydrogens is 416 g/mol. The van der Waals surface area contributed by atoms with E-state index in [4.69, 9.17) is 10.5 Å². The third kappa shape index (κ3) is 4.91. The molecule has 0 radical (unpaired) electrons. The summed E-state index contributed by atoms with van der Waals surface area (Å²) in [4.78, 5) is 25.9. The van der Waals surface area contributed by atoms with Gasteiger partial charge in [-0.25, -0.2) is 9.97 Å². The van der Waals surface area contributed by atoms with E-state index in [0.29, 0.717) is 22.6 Å². The van der Waals surface area contributed by atoms with Gasteiger partial charge in [0.2, 0.25) is 0 Å². The fourth-order valence-electron chi connectivity index (χ4n) is 3.82. The van der Waals surface area contributed by atoms with Gasteiger partial charge in [-0.15, -0.1) is 0 Å². The number of carbonyl (C=O) groups is 1. The molecule has 1 fully saturated rings. The van der Waals surface area contributed by atoms with Crippen molar-refractivity contribution < 1.29 is 9.53 Å². The number of hydrogen-bond donors (Lipinski definition) is 3. The van der Waals surface area contributed by atoms with Gasteiger partial charge in [0.1, 0.15) is 17.7 Å². The number of hydrogen-bond acceptors (Lipinski definition) is 7. The second kappa shape index (κ2) is 9.22. The highest BCUT2D eigenvalue weighted by Gasteiger charge is 2.15. The highest BCUT2D eigenvalue weighted by atomic mass is 16.5. The van der Waals surface area contributed by atoms with Gasteiger partial charge in [-0.1, -0.05) is 0 Å². The first kappa shape index (κ1) is 20.8. The second-order valence-corrected chi connectivity index (χ2v) is 8.01. The molecule has 166 valence electrons. The first-order valence-corrected chi connectivity index (χ1v) is 10.9. The highest BCUT2D eigenvalue weighted by Crippen LogP contribution is 2.23. The van der Waals surface area contributed by atoms with Crippen LogP contribution in [0.2, 0.25) is 0 Å². The van der Waals surface area contributed by atoms with Crippen molar-refractivity contribution >= 4 is 28.3 Å². The number of nitrogens with one attached hydrogen (secondary N) is 2. The van der Waals surface area contributed by atoms with E-state index in [-0.39, 0.29) is 12.0 Å². The molecule has 8 nitrogen and oxygen atoms in total. The second-order valence-electron chi connectivity index (χ2n) is 8.01.